The second-order valence-electron chi connectivity index (χ2n) is 9.34. The first kappa shape index (κ1) is 21.3. The van der Waals surface area contributed by atoms with Crippen LogP contribution in [-0.4, -0.2) is 77.9 Å². The van der Waals surface area contributed by atoms with Crippen LogP contribution in [0.25, 0.3) is 0 Å². The molecule has 2 aliphatic heterocycles. The van der Waals surface area contributed by atoms with Crippen molar-refractivity contribution in [3.63, 3.8) is 0 Å². The molecule has 1 atom stereocenters. The fraction of sp³-hybridized carbons (Fsp3) is 0.600. The van der Waals surface area contributed by atoms with Crippen LogP contribution in [0.3, 0.4) is 0 Å². The smallest absolute Gasteiger partial charge is 0.274 e. The van der Waals surface area contributed by atoms with Crippen molar-refractivity contribution in [3.05, 3.63) is 41.2 Å². The van der Waals surface area contributed by atoms with Crippen LogP contribution in [0, 0.1) is 0 Å². The molecule has 7 heteroatoms. The van der Waals surface area contributed by atoms with Crippen molar-refractivity contribution in [1.82, 2.24) is 19.6 Å². The number of piperazine rings is 1. The van der Waals surface area contributed by atoms with E-state index >= 15 is 0 Å². The Kier molecular flexibility index (Phi) is 6.09. The molecule has 1 aliphatic carbocycles. The third-order valence-corrected chi connectivity index (χ3v) is 7.53. The van der Waals surface area contributed by atoms with E-state index in [4.69, 9.17) is 9.84 Å². The number of hydrogen-bond acceptors (Lipinski definition) is 5. The van der Waals surface area contributed by atoms with Crippen LogP contribution >= 0.6 is 0 Å². The first-order valence-electron chi connectivity index (χ1n) is 12.1. The Morgan fingerprint density at radius 1 is 1.03 bits per heavy atom. The van der Waals surface area contributed by atoms with Gasteiger partial charge in [-0.1, -0.05) is 12.1 Å². The highest BCUT2D eigenvalue weighted by atomic mass is 16.5. The number of nitrogens with zero attached hydrogens (tertiary/aromatic N) is 5. The van der Waals surface area contributed by atoms with Crippen molar-refractivity contribution in [2.24, 2.45) is 7.05 Å². The summed E-state index contributed by atoms with van der Waals surface area (Å²) in [5.41, 5.74) is 4.35. The summed E-state index contributed by atoms with van der Waals surface area (Å²) < 4.78 is 7.53. The first-order chi connectivity index (χ1) is 15.7. The molecule has 1 unspecified atom stereocenters. The summed E-state index contributed by atoms with van der Waals surface area (Å²) in [7, 11) is 3.74. The Bertz CT molecular complexity index is 957. The Morgan fingerprint density at radius 2 is 1.78 bits per heavy atom. The van der Waals surface area contributed by atoms with E-state index in [0.717, 1.165) is 77.1 Å². The predicted octanol–water partition coefficient (Wildman–Crippen LogP) is 2.73. The van der Waals surface area contributed by atoms with Crippen molar-refractivity contribution in [3.8, 4) is 5.75 Å². The predicted molar refractivity (Wildman–Crippen MR) is 126 cm³/mol. The van der Waals surface area contributed by atoms with Crippen LogP contribution in [0.2, 0.25) is 0 Å². The van der Waals surface area contributed by atoms with E-state index in [2.05, 4.69) is 21.9 Å². The summed E-state index contributed by atoms with van der Waals surface area (Å²) in [4.78, 5) is 20.3. The number of fused-ring (bicyclic) bond motifs is 1. The third-order valence-electron chi connectivity index (χ3n) is 7.53. The second kappa shape index (κ2) is 9.14. The SMILES string of the molecule is COc1ccccc1N1CCN(C2CCc3c(c(C(=O)N4CCCCC4)nn3C)C2)CC1. The minimum absolute atomic E-state index is 0.142. The lowest BCUT2D eigenvalue weighted by Gasteiger charge is -2.41. The molecule has 172 valence electrons. The van der Waals surface area contributed by atoms with E-state index in [1.165, 1.54) is 23.4 Å². The molecule has 0 bridgehead atoms. The average Bonchev–Trinajstić information content (AvgIpc) is 3.20. The molecule has 1 aromatic carbocycles. The standard InChI is InChI=1S/C25H35N5O2/c1-27-21-11-10-19(18-20(21)24(26-27)25(31)30-12-6-3-7-13-30)28-14-16-29(17-15-28)22-8-4-5-9-23(22)32-2/h4-5,8-9,19H,3,6-7,10-18H2,1-2H3. The van der Waals surface area contributed by atoms with Gasteiger partial charge in [0, 0.05) is 63.6 Å². The zero-order valence-electron chi connectivity index (χ0n) is 19.4. The second-order valence-corrected chi connectivity index (χ2v) is 9.34. The van der Waals surface area contributed by atoms with Gasteiger partial charge in [0.1, 0.15) is 5.75 Å². The van der Waals surface area contributed by atoms with Gasteiger partial charge in [0.15, 0.2) is 5.69 Å². The van der Waals surface area contributed by atoms with Crippen molar-refractivity contribution < 1.29 is 9.53 Å². The zero-order valence-corrected chi connectivity index (χ0v) is 19.4. The maximum absolute atomic E-state index is 13.2. The topological polar surface area (TPSA) is 53.8 Å². The van der Waals surface area contributed by atoms with Crippen LogP contribution in [-0.2, 0) is 19.9 Å². The van der Waals surface area contributed by atoms with Gasteiger partial charge in [-0.15, -0.1) is 0 Å². The molecule has 5 rings (SSSR count). The number of hydrogen-bond donors (Lipinski definition) is 0. The number of amides is 1. The number of ether oxygens (including phenoxy) is 1. The molecule has 0 spiro atoms. The maximum Gasteiger partial charge on any atom is 0.274 e. The van der Waals surface area contributed by atoms with Crippen LogP contribution in [0.4, 0.5) is 5.69 Å². The fourth-order valence-corrected chi connectivity index (χ4v) is 5.72. The molecule has 0 saturated carbocycles. The summed E-state index contributed by atoms with van der Waals surface area (Å²) in [5.74, 6) is 1.09. The van der Waals surface area contributed by atoms with Crippen molar-refractivity contribution >= 4 is 11.6 Å². The van der Waals surface area contributed by atoms with E-state index < -0.39 is 0 Å². The molecule has 1 amide bonds. The molecule has 1 aromatic heterocycles. The number of carbonyl (C=O) groups is 1. The normalized spacial score (nSPS) is 22.0. The van der Waals surface area contributed by atoms with Gasteiger partial charge in [0.25, 0.3) is 5.91 Å². The van der Waals surface area contributed by atoms with Gasteiger partial charge in [0.05, 0.1) is 12.8 Å². The van der Waals surface area contributed by atoms with Gasteiger partial charge in [-0.3, -0.25) is 14.4 Å². The Morgan fingerprint density at radius 3 is 2.53 bits per heavy atom. The first-order valence-corrected chi connectivity index (χ1v) is 12.1. The lowest BCUT2D eigenvalue weighted by Crippen LogP contribution is -2.52. The third kappa shape index (κ3) is 3.98. The van der Waals surface area contributed by atoms with Crippen LogP contribution in [0.1, 0.15) is 47.4 Å². The van der Waals surface area contributed by atoms with E-state index in [1.807, 2.05) is 28.8 Å². The molecule has 2 fully saturated rings. The summed E-state index contributed by atoms with van der Waals surface area (Å²) >= 11 is 0. The highest BCUT2D eigenvalue weighted by Gasteiger charge is 2.34. The van der Waals surface area contributed by atoms with Crippen molar-refractivity contribution in [2.75, 3.05) is 51.3 Å². The van der Waals surface area contributed by atoms with E-state index in [-0.39, 0.29) is 5.91 Å². The molecular weight excluding hydrogens is 402 g/mol. The van der Waals surface area contributed by atoms with Gasteiger partial charge in [-0.05, 0) is 50.7 Å². The summed E-state index contributed by atoms with van der Waals surface area (Å²) in [6.07, 6.45) is 6.53. The molecule has 32 heavy (non-hydrogen) atoms. The number of rotatable bonds is 4. The molecule has 3 heterocycles. The lowest BCUT2D eigenvalue weighted by molar-refractivity contribution is 0.0715. The van der Waals surface area contributed by atoms with Crippen molar-refractivity contribution in [2.45, 2.75) is 44.6 Å². The maximum atomic E-state index is 13.2. The Labute approximate surface area is 190 Å². The highest BCUT2D eigenvalue weighted by Crippen LogP contribution is 2.31. The summed E-state index contributed by atoms with van der Waals surface area (Å²) in [6.45, 7) is 5.81. The number of para-hydroxylation sites is 2. The minimum atomic E-state index is 0.142. The number of likely N-dealkylation sites (tertiary alicyclic amines) is 1. The summed E-state index contributed by atoms with van der Waals surface area (Å²) in [6, 6.07) is 8.77. The molecular formula is C25H35N5O2. The fourth-order valence-electron chi connectivity index (χ4n) is 5.72. The molecule has 2 aromatic rings. The van der Waals surface area contributed by atoms with Gasteiger partial charge >= 0.3 is 0 Å². The van der Waals surface area contributed by atoms with Gasteiger partial charge in [-0.25, -0.2) is 0 Å². The van der Waals surface area contributed by atoms with Crippen LogP contribution in [0.5, 0.6) is 5.75 Å². The highest BCUT2D eigenvalue weighted by molar-refractivity contribution is 5.94. The number of piperidine rings is 1. The minimum Gasteiger partial charge on any atom is -0.495 e. The molecule has 0 N–H and O–H groups in total. The molecule has 3 aliphatic rings. The van der Waals surface area contributed by atoms with Crippen LogP contribution < -0.4 is 9.64 Å². The quantitative estimate of drug-likeness (QED) is 0.736. The molecule has 0 radical (unpaired) electrons. The number of aryl methyl sites for hydroxylation is 1. The monoisotopic (exact) mass is 437 g/mol. The number of methoxy groups -OCH3 is 1. The average molecular weight is 438 g/mol. The lowest BCUT2D eigenvalue weighted by atomic mass is 9.89. The van der Waals surface area contributed by atoms with E-state index in [1.54, 1.807) is 7.11 Å². The summed E-state index contributed by atoms with van der Waals surface area (Å²) in [5, 5.41) is 4.70. The van der Waals surface area contributed by atoms with Crippen LogP contribution in [0.15, 0.2) is 24.3 Å². The largest absolute Gasteiger partial charge is 0.495 e. The zero-order chi connectivity index (χ0) is 22.1. The van der Waals surface area contributed by atoms with Gasteiger partial charge in [0.2, 0.25) is 0 Å². The number of aromatic nitrogens is 2. The van der Waals surface area contributed by atoms with Gasteiger partial charge in [-0.2, -0.15) is 5.10 Å². The number of benzene rings is 1. The number of carbonyl (C=O) groups excluding carboxylic acids is 1. The van der Waals surface area contributed by atoms with E-state index in [9.17, 15) is 4.79 Å². The van der Waals surface area contributed by atoms with E-state index in [0.29, 0.717) is 11.7 Å². The number of anilines is 1. The molecule has 7 nitrogen and oxygen atoms in total. The Balaban J connectivity index is 1.27. The molecule has 2 saturated heterocycles. The van der Waals surface area contributed by atoms with Gasteiger partial charge < -0.3 is 14.5 Å². The Hall–Kier alpha value is -2.54. The van der Waals surface area contributed by atoms with Crippen molar-refractivity contribution in [1.29, 1.82) is 0 Å².